The maximum atomic E-state index is 15.8. The van der Waals surface area contributed by atoms with E-state index in [0.717, 1.165) is 36.4 Å². The fraction of sp³-hybridized carbons (Fsp3) is 0.111. The molecule has 0 unspecified atom stereocenters. The molecule has 0 aliphatic heterocycles. The molecule has 9 aromatic carbocycles. The standard InChI is InChI=1S/C54H27F18N/c55-49(56,57)40-25-46(43(52(64,65)66)22-37(40)34-19-7-13-28-10-1-4-16-31(28)34)73(47-26-41(50(58,59)60)38(23-44(47)53(67,68)69)35-20-8-14-29-11-2-5-17-32(29)35)48-27-42(51(61,62)63)39(24-45(48)54(70,71)72)36-21-9-15-30-12-3-6-18-33(30)36/h1-27H. The number of benzene rings is 9. The van der Waals surface area contributed by atoms with Crippen molar-refractivity contribution in [3.8, 4) is 33.4 Å². The SMILES string of the molecule is FC(F)(F)c1cc(N(c2cc(C(F)(F)F)c(-c3cccc4ccccc34)cc2C(F)(F)F)c2cc(C(F)(F)F)c(-c3cccc4ccccc34)cc2C(F)(F)F)c(C(F)(F)F)cc1-c1cccc2ccccc12. The van der Waals surface area contributed by atoms with E-state index >= 15 is 79.0 Å². The van der Waals surface area contributed by atoms with E-state index in [1.54, 1.807) is 0 Å². The van der Waals surface area contributed by atoms with Gasteiger partial charge in [-0.25, -0.2) is 0 Å². The van der Waals surface area contributed by atoms with Gasteiger partial charge >= 0.3 is 37.1 Å². The van der Waals surface area contributed by atoms with Gasteiger partial charge in [0.25, 0.3) is 0 Å². The molecule has 19 heteroatoms. The van der Waals surface area contributed by atoms with Crippen LogP contribution in [0.2, 0.25) is 0 Å². The lowest BCUT2D eigenvalue weighted by Crippen LogP contribution is -2.26. The fourth-order valence-corrected chi connectivity index (χ4v) is 9.14. The van der Waals surface area contributed by atoms with E-state index in [2.05, 4.69) is 0 Å². The van der Waals surface area contributed by atoms with Crippen molar-refractivity contribution in [2.75, 3.05) is 4.90 Å². The Kier molecular flexibility index (Phi) is 12.1. The summed E-state index contributed by atoms with van der Waals surface area (Å²) in [7, 11) is 0. The molecule has 0 N–H and O–H groups in total. The van der Waals surface area contributed by atoms with Crippen molar-refractivity contribution < 1.29 is 79.0 Å². The van der Waals surface area contributed by atoms with Gasteiger partial charge in [0.1, 0.15) is 0 Å². The molecule has 1 nitrogen and oxygen atoms in total. The van der Waals surface area contributed by atoms with Crippen LogP contribution in [0, 0.1) is 0 Å². The lowest BCUT2D eigenvalue weighted by molar-refractivity contribution is -0.141. The first-order chi connectivity index (χ1) is 34.0. The molecular formula is C54H27F18N. The van der Waals surface area contributed by atoms with Crippen LogP contribution in [0.1, 0.15) is 33.4 Å². The number of hydrogen-bond acceptors (Lipinski definition) is 1. The lowest BCUT2D eigenvalue weighted by Gasteiger charge is -2.35. The number of fused-ring (bicyclic) bond motifs is 3. The third-order valence-electron chi connectivity index (χ3n) is 12.2. The van der Waals surface area contributed by atoms with E-state index in [1.165, 1.54) is 91.0 Å². The molecular weight excluding hydrogens is 1000 g/mol. The molecule has 0 amide bonds. The van der Waals surface area contributed by atoms with E-state index in [1.807, 2.05) is 0 Å². The van der Waals surface area contributed by atoms with Crippen LogP contribution in [0.3, 0.4) is 0 Å². The summed E-state index contributed by atoms with van der Waals surface area (Å²) < 4.78 is 283. The van der Waals surface area contributed by atoms with Gasteiger partial charge in [0, 0.05) is 0 Å². The zero-order chi connectivity index (χ0) is 52.8. The largest absolute Gasteiger partial charge is 0.418 e. The van der Waals surface area contributed by atoms with Gasteiger partial charge in [-0.1, -0.05) is 127 Å². The Labute approximate surface area is 400 Å². The summed E-state index contributed by atoms with van der Waals surface area (Å²) in [6.45, 7) is 0. The number of anilines is 3. The molecule has 0 radical (unpaired) electrons. The maximum absolute atomic E-state index is 15.8. The smallest absolute Gasteiger partial charge is 0.309 e. The van der Waals surface area contributed by atoms with Crippen LogP contribution in [0.15, 0.2) is 164 Å². The van der Waals surface area contributed by atoms with E-state index in [9.17, 15) is 0 Å². The molecule has 0 aliphatic rings. The lowest BCUT2D eigenvalue weighted by atomic mass is 9.88. The minimum Gasteiger partial charge on any atom is -0.309 e. The third-order valence-corrected chi connectivity index (χ3v) is 12.2. The highest BCUT2D eigenvalue weighted by Crippen LogP contribution is 2.57. The van der Waals surface area contributed by atoms with Crippen molar-refractivity contribution in [2.24, 2.45) is 0 Å². The Balaban J connectivity index is 1.51. The molecule has 0 saturated heterocycles. The summed E-state index contributed by atoms with van der Waals surface area (Å²) >= 11 is 0. The summed E-state index contributed by atoms with van der Waals surface area (Å²) in [5.41, 5.74) is -26.9. The molecule has 0 bridgehead atoms. The topological polar surface area (TPSA) is 3.24 Å². The van der Waals surface area contributed by atoms with Crippen LogP contribution in [-0.2, 0) is 37.1 Å². The molecule has 9 rings (SSSR count). The van der Waals surface area contributed by atoms with E-state index in [4.69, 9.17) is 0 Å². The summed E-state index contributed by atoms with van der Waals surface area (Å²) in [5.74, 6) is 0. The molecule has 0 saturated carbocycles. The predicted octanol–water partition coefficient (Wildman–Crippen LogP) is 19.7. The zero-order valence-corrected chi connectivity index (χ0v) is 36.3. The second-order valence-electron chi connectivity index (χ2n) is 16.6. The highest BCUT2D eigenvalue weighted by atomic mass is 19.4. The van der Waals surface area contributed by atoms with Gasteiger partial charge < -0.3 is 4.90 Å². The van der Waals surface area contributed by atoms with E-state index in [0.29, 0.717) is 0 Å². The Morgan fingerprint density at radius 1 is 0.219 bits per heavy atom. The van der Waals surface area contributed by atoms with Gasteiger partial charge in [0.15, 0.2) is 0 Å². The van der Waals surface area contributed by atoms with Gasteiger partial charge in [-0.2, -0.15) is 79.0 Å². The van der Waals surface area contributed by atoms with Crippen molar-refractivity contribution >= 4 is 49.4 Å². The minimum absolute atomic E-state index is 0.135. The van der Waals surface area contributed by atoms with Gasteiger partial charge in [0.05, 0.1) is 50.4 Å². The quantitative estimate of drug-likeness (QED) is 0.150. The molecule has 0 fully saturated rings. The Morgan fingerprint density at radius 3 is 0.671 bits per heavy atom. The summed E-state index contributed by atoms with van der Waals surface area (Å²) in [6.07, 6.45) is -36.0. The van der Waals surface area contributed by atoms with Gasteiger partial charge in [-0.05, 0) is 102 Å². The minimum atomic E-state index is -6.13. The monoisotopic (exact) mass is 1030 g/mol. The normalized spacial score (nSPS) is 13.1. The number of hydrogen-bond donors (Lipinski definition) is 0. The maximum Gasteiger partial charge on any atom is 0.418 e. The van der Waals surface area contributed by atoms with Crippen molar-refractivity contribution in [1.82, 2.24) is 0 Å². The fourth-order valence-electron chi connectivity index (χ4n) is 9.14. The molecule has 0 aromatic heterocycles. The van der Waals surface area contributed by atoms with Crippen LogP contribution in [0.25, 0.3) is 65.7 Å². The first kappa shape index (κ1) is 50.2. The average molecular weight is 1030 g/mol. The molecule has 0 spiro atoms. The molecule has 0 aliphatic carbocycles. The first-order valence-corrected chi connectivity index (χ1v) is 21.3. The second-order valence-corrected chi connectivity index (χ2v) is 16.6. The van der Waals surface area contributed by atoms with Crippen LogP contribution < -0.4 is 4.90 Å². The Bertz CT molecular complexity index is 3220. The number of halogens is 18. The number of rotatable bonds is 6. The van der Waals surface area contributed by atoms with E-state index in [-0.39, 0.29) is 50.5 Å². The van der Waals surface area contributed by atoms with Crippen LogP contribution in [0.4, 0.5) is 96.1 Å². The molecule has 0 atom stereocenters. The average Bonchev–Trinajstić information content (AvgIpc) is 3.31. The number of nitrogens with zero attached hydrogens (tertiary/aromatic N) is 1. The summed E-state index contributed by atoms with van der Waals surface area (Å²) in [6, 6.07) is 23.6. The molecule has 0 heterocycles. The predicted molar refractivity (Wildman–Crippen MR) is 240 cm³/mol. The van der Waals surface area contributed by atoms with Crippen molar-refractivity contribution in [3.63, 3.8) is 0 Å². The highest BCUT2D eigenvalue weighted by Gasteiger charge is 2.48. The van der Waals surface area contributed by atoms with E-state index < -0.39 is 144 Å². The number of alkyl halides is 18. The summed E-state index contributed by atoms with van der Waals surface area (Å²) in [4.78, 5) is -0.902. The van der Waals surface area contributed by atoms with Gasteiger partial charge in [-0.3, -0.25) is 0 Å². The van der Waals surface area contributed by atoms with Crippen molar-refractivity contribution in [3.05, 3.63) is 197 Å². The van der Waals surface area contributed by atoms with Crippen molar-refractivity contribution in [1.29, 1.82) is 0 Å². The van der Waals surface area contributed by atoms with Crippen LogP contribution in [0.5, 0.6) is 0 Å². The van der Waals surface area contributed by atoms with Gasteiger partial charge in [-0.15, -0.1) is 0 Å². The first-order valence-electron chi connectivity index (χ1n) is 21.3. The Morgan fingerprint density at radius 2 is 0.438 bits per heavy atom. The molecule has 374 valence electrons. The molecule has 73 heavy (non-hydrogen) atoms. The highest BCUT2D eigenvalue weighted by molar-refractivity contribution is 6.02. The third kappa shape index (κ3) is 9.36. The second kappa shape index (κ2) is 17.5. The summed E-state index contributed by atoms with van der Waals surface area (Å²) in [5, 5.41) is 0.0377. The van der Waals surface area contributed by atoms with Crippen LogP contribution in [-0.4, -0.2) is 0 Å². The van der Waals surface area contributed by atoms with Crippen LogP contribution >= 0.6 is 0 Å². The van der Waals surface area contributed by atoms with Gasteiger partial charge in [0.2, 0.25) is 0 Å². The zero-order valence-electron chi connectivity index (χ0n) is 36.3. The Hall–Kier alpha value is -7.70. The molecule has 9 aromatic rings. The van der Waals surface area contributed by atoms with Crippen molar-refractivity contribution in [2.45, 2.75) is 37.1 Å².